The van der Waals surface area contributed by atoms with Crippen molar-refractivity contribution in [2.75, 3.05) is 45.2 Å². The van der Waals surface area contributed by atoms with Crippen LogP contribution in [0.15, 0.2) is 18.2 Å². The number of nitriles is 1. The van der Waals surface area contributed by atoms with Crippen LogP contribution in [-0.2, 0) is 4.79 Å². The van der Waals surface area contributed by atoms with Crippen LogP contribution in [0.4, 0.5) is 10.1 Å². The van der Waals surface area contributed by atoms with E-state index in [1.165, 1.54) is 6.07 Å². The van der Waals surface area contributed by atoms with Crippen molar-refractivity contribution in [1.82, 2.24) is 10.2 Å². The number of carbonyl (C=O) groups is 1. The molecule has 5 nitrogen and oxygen atoms in total. The van der Waals surface area contributed by atoms with Crippen LogP contribution < -0.4 is 10.2 Å². The van der Waals surface area contributed by atoms with Crippen molar-refractivity contribution >= 4 is 11.6 Å². The van der Waals surface area contributed by atoms with Crippen LogP contribution in [0.2, 0.25) is 0 Å². The van der Waals surface area contributed by atoms with E-state index in [2.05, 4.69) is 24.1 Å². The molecule has 0 saturated carbocycles. The van der Waals surface area contributed by atoms with E-state index in [1.54, 1.807) is 12.1 Å². The molecule has 0 radical (unpaired) electrons. The average Bonchev–Trinajstić information content (AvgIpc) is 2.58. The van der Waals surface area contributed by atoms with Gasteiger partial charge in [-0.1, -0.05) is 19.9 Å². The summed E-state index contributed by atoms with van der Waals surface area (Å²) in [5, 5.41) is 12.3. The monoisotopic (exact) mass is 360 g/mol. The first-order chi connectivity index (χ1) is 12.2. The predicted molar refractivity (Wildman–Crippen MR) is 101 cm³/mol. The minimum Gasteiger partial charge on any atom is -0.370 e. The van der Waals surface area contributed by atoms with Crippen molar-refractivity contribution in [3.05, 3.63) is 29.6 Å². The molecule has 1 aromatic carbocycles. The van der Waals surface area contributed by atoms with Gasteiger partial charge >= 0.3 is 0 Å². The number of hydrogen-bond acceptors (Lipinski definition) is 4. The molecule has 1 aliphatic heterocycles. The Morgan fingerprint density at radius 1 is 1.38 bits per heavy atom. The normalized spacial score (nSPS) is 15.8. The fraction of sp³-hybridized carbons (Fsp3) is 0.600. The van der Waals surface area contributed by atoms with Crippen LogP contribution in [0.5, 0.6) is 0 Å². The Morgan fingerprint density at radius 3 is 2.62 bits per heavy atom. The first kappa shape index (κ1) is 20.2. The maximum absolute atomic E-state index is 13.8. The lowest BCUT2D eigenvalue weighted by molar-refractivity contribution is -0.126. The number of anilines is 1. The topological polar surface area (TPSA) is 59.4 Å². The van der Waals surface area contributed by atoms with E-state index in [4.69, 9.17) is 0 Å². The summed E-state index contributed by atoms with van der Waals surface area (Å²) < 4.78 is 13.8. The number of halogens is 1. The molecule has 0 aliphatic carbocycles. The number of piperidine rings is 1. The molecule has 1 N–H and O–H groups in total. The van der Waals surface area contributed by atoms with E-state index in [-0.39, 0.29) is 22.8 Å². The Bertz CT molecular complexity index is 673. The second-order valence-electron chi connectivity index (χ2n) is 8.13. The van der Waals surface area contributed by atoms with Crippen molar-refractivity contribution in [2.45, 2.75) is 26.7 Å². The lowest BCUT2D eigenvalue weighted by Crippen LogP contribution is -2.45. The molecular formula is C20H29FN4O. The molecule has 1 saturated heterocycles. The van der Waals surface area contributed by atoms with Gasteiger partial charge in [-0.2, -0.15) is 5.26 Å². The zero-order valence-corrected chi connectivity index (χ0v) is 16.2. The first-order valence-corrected chi connectivity index (χ1v) is 9.09. The minimum atomic E-state index is -0.493. The van der Waals surface area contributed by atoms with Crippen molar-refractivity contribution in [3.8, 4) is 6.07 Å². The van der Waals surface area contributed by atoms with Gasteiger partial charge in [0.1, 0.15) is 17.4 Å². The second-order valence-corrected chi connectivity index (χ2v) is 8.13. The summed E-state index contributed by atoms with van der Waals surface area (Å²) in [6.07, 6.45) is 1.42. The van der Waals surface area contributed by atoms with Gasteiger partial charge in [0.2, 0.25) is 5.91 Å². The van der Waals surface area contributed by atoms with Gasteiger partial charge in [0.25, 0.3) is 0 Å². The molecular weight excluding hydrogens is 331 g/mol. The van der Waals surface area contributed by atoms with Crippen molar-refractivity contribution in [3.63, 3.8) is 0 Å². The van der Waals surface area contributed by atoms with Crippen LogP contribution in [0.25, 0.3) is 0 Å². The maximum Gasteiger partial charge on any atom is 0.223 e. The first-order valence-electron chi connectivity index (χ1n) is 9.09. The standard InChI is InChI=1S/C20H29FN4O/c1-20(2,14-24(3)4)13-23-19(26)15-8-10-25(11-9-15)18-7-5-6-17(21)16(18)12-22/h5-7,15H,8-11,13-14H2,1-4H3,(H,23,26). The Morgan fingerprint density at radius 2 is 2.04 bits per heavy atom. The molecule has 26 heavy (non-hydrogen) atoms. The Kier molecular flexibility index (Phi) is 6.60. The SMILES string of the molecule is CN(C)CC(C)(C)CNC(=O)C1CCN(c2cccc(F)c2C#N)CC1. The van der Waals surface area contributed by atoms with Crippen molar-refractivity contribution in [1.29, 1.82) is 5.26 Å². The number of benzene rings is 1. The molecule has 0 spiro atoms. The highest BCUT2D eigenvalue weighted by Gasteiger charge is 2.28. The molecule has 0 atom stereocenters. The highest BCUT2D eigenvalue weighted by molar-refractivity contribution is 5.79. The lowest BCUT2D eigenvalue weighted by atomic mass is 9.91. The zero-order chi connectivity index (χ0) is 19.3. The highest BCUT2D eigenvalue weighted by Crippen LogP contribution is 2.27. The lowest BCUT2D eigenvalue weighted by Gasteiger charge is -2.34. The summed E-state index contributed by atoms with van der Waals surface area (Å²) in [5.74, 6) is -0.426. The van der Waals surface area contributed by atoms with E-state index in [9.17, 15) is 14.4 Å². The van der Waals surface area contributed by atoms with Crippen molar-refractivity contribution < 1.29 is 9.18 Å². The van der Waals surface area contributed by atoms with E-state index < -0.39 is 5.82 Å². The largest absolute Gasteiger partial charge is 0.370 e. The molecule has 1 amide bonds. The molecule has 1 aliphatic rings. The van der Waals surface area contributed by atoms with E-state index in [0.717, 1.165) is 6.54 Å². The van der Waals surface area contributed by atoms with E-state index >= 15 is 0 Å². The Labute approximate surface area is 155 Å². The number of amides is 1. The van der Waals surface area contributed by atoms with Gasteiger partial charge < -0.3 is 15.1 Å². The zero-order valence-electron chi connectivity index (χ0n) is 16.2. The molecule has 142 valence electrons. The van der Waals surface area contributed by atoms with Crippen LogP contribution in [0.3, 0.4) is 0 Å². The molecule has 1 fully saturated rings. The quantitative estimate of drug-likeness (QED) is 0.847. The highest BCUT2D eigenvalue weighted by atomic mass is 19.1. The number of hydrogen-bond donors (Lipinski definition) is 1. The summed E-state index contributed by atoms with van der Waals surface area (Å²) >= 11 is 0. The van der Waals surface area contributed by atoms with Gasteiger partial charge in [0.05, 0.1) is 5.69 Å². The van der Waals surface area contributed by atoms with Gasteiger partial charge in [-0.15, -0.1) is 0 Å². The fourth-order valence-electron chi connectivity index (χ4n) is 3.65. The van der Waals surface area contributed by atoms with Gasteiger partial charge in [-0.05, 0) is 44.5 Å². The predicted octanol–water partition coefficient (Wildman–Crippen LogP) is 2.62. The molecule has 0 bridgehead atoms. The molecule has 2 rings (SSSR count). The van der Waals surface area contributed by atoms with E-state index in [1.807, 2.05) is 25.1 Å². The minimum absolute atomic E-state index is 0.0170. The van der Waals surface area contributed by atoms with Crippen LogP contribution in [0.1, 0.15) is 32.3 Å². The molecule has 1 aromatic rings. The third-order valence-electron chi connectivity index (χ3n) is 4.80. The summed E-state index contributed by atoms with van der Waals surface area (Å²) in [6, 6.07) is 6.64. The molecule has 6 heteroatoms. The number of rotatable bonds is 6. The van der Waals surface area contributed by atoms with Gasteiger partial charge in [0, 0.05) is 32.1 Å². The number of carbonyl (C=O) groups excluding carboxylic acids is 1. The Hall–Kier alpha value is -2.13. The van der Waals surface area contributed by atoms with Gasteiger partial charge in [-0.3, -0.25) is 4.79 Å². The molecule has 0 aromatic heterocycles. The second kappa shape index (κ2) is 8.50. The fourth-order valence-corrected chi connectivity index (χ4v) is 3.65. The summed E-state index contributed by atoms with van der Waals surface area (Å²) in [6.45, 7) is 7.13. The molecule has 0 unspecified atom stereocenters. The van der Waals surface area contributed by atoms with Crippen LogP contribution in [0, 0.1) is 28.5 Å². The van der Waals surface area contributed by atoms with Crippen LogP contribution in [-0.4, -0.2) is 51.1 Å². The smallest absolute Gasteiger partial charge is 0.223 e. The summed E-state index contributed by atoms with van der Waals surface area (Å²) in [4.78, 5) is 16.6. The van der Waals surface area contributed by atoms with Crippen LogP contribution >= 0.6 is 0 Å². The molecule has 1 heterocycles. The Balaban J connectivity index is 1.90. The summed E-state index contributed by atoms with van der Waals surface area (Å²) in [5.41, 5.74) is 0.725. The number of nitrogens with zero attached hydrogens (tertiary/aromatic N) is 3. The van der Waals surface area contributed by atoms with Gasteiger partial charge in [0.15, 0.2) is 0 Å². The third-order valence-corrected chi connectivity index (χ3v) is 4.80. The summed E-state index contributed by atoms with van der Waals surface area (Å²) in [7, 11) is 4.06. The number of nitrogens with one attached hydrogen (secondary N) is 1. The van der Waals surface area contributed by atoms with Gasteiger partial charge in [-0.25, -0.2) is 4.39 Å². The maximum atomic E-state index is 13.8. The average molecular weight is 360 g/mol. The van der Waals surface area contributed by atoms with E-state index in [0.29, 0.717) is 38.2 Å². The van der Waals surface area contributed by atoms with Crippen molar-refractivity contribution in [2.24, 2.45) is 11.3 Å². The third kappa shape index (κ3) is 5.18.